The maximum Gasteiger partial charge on any atom is 0.573 e. The van der Waals surface area contributed by atoms with Crippen molar-refractivity contribution in [1.82, 2.24) is 5.32 Å². The molecule has 1 amide bonds. The van der Waals surface area contributed by atoms with E-state index in [0.29, 0.717) is 12.1 Å². The summed E-state index contributed by atoms with van der Waals surface area (Å²) in [6, 6.07) is 9.74. The van der Waals surface area contributed by atoms with E-state index < -0.39 is 47.3 Å². The summed E-state index contributed by atoms with van der Waals surface area (Å²) in [5.41, 5.74) is 0.0472. The first-order valence-electron chi connectivity index (χ1n) is 8.63. The number of rotatable bonds is 7. The highest BCUT2D eigenvalue weighted by Gasteiger charge is 2.32. The quantitative estimate of drug-likeness (QED) is 0.545. The van der Waals surface area contributed by atoms with E-state index in [1.165, 1.54) is 0 Å². The van der Waals surface area contributed by atoms with Gasteiger partial charge in [0.05, 0.1) is 5.56 Å². The molecule has 9 heteroatoms. The lowest BCUT2D eigenvalue weighted by Gasteiger charge is -2.21. The number of benzene rings is 2. The molecule has 0 saturated carbocycles. The molecule has 0 fully saturated rings. The third-order valence-corrected chi connectivity index (χ3v) is 3.85. The van der Waals surface area contributed by atoms with Crippen molar-refractivity contribution >= 4 is 11.9 Å². The number of alkyl halides is 3. The zero-order chi connectivity index (χ0) is 21.6. The summed E-state index contributed by atoms with van der Waals surface area (Å²) < 4.78 is 59.9. The third kappa shape index (κ3) is 6.78. The lowest BCUT2D eigenvalue weighted by atomic mass is 10.0. The molecule has 2 aromatic rings. The van der Waals surface area contributed by atoms with Gasteiger partial charge in [0, 0.05) is 0 Å². The van der Waals surface area contributed by atoms with Gasteiger partial charge in [-0.3, -0.25) is 4.79 Å². The number of carbonyl (C=O) groups is 2. The molecule has 0 saturated heterocycles. The molecule has 1 N–H and O–H groups in total. The van der Waals surface area contributed by atoms with Crippen LogP contribution < -0.4 is 10.1 Å². The smallest absolute Gasteiger partial charge is 0.459 e. The molecule has 0 aliphatic carbocycles. The van der Waals surface area contributed by atoms with E-state index in [2.05, 4.69) is 10.1 Å². The topological polar surface area (TPSA) is 64.6 Å². The monoisotopic (exact) mass is 413 g/mol. The number of esters is 1. The van der Waals surface area contributed by atoms with Crippen LogP contribution in [0.3, 0.4) is 0 Å². The summed E-state index contributed by atoms with van der Waals surface area (Å²) in [7, 11) is 0. The summed E-state index contributed by atoms with van der Waals surface area (Å²) >= 11 is 0. The van der Waals surface area contributed by atoms with E-state index in [1.54, 1.807) is 44.2 Å². The highest BCUT2D eigenvalue weighted by atomic mass is 19.4. The summed E-state index contributed by atoms with van der Waals surface area (Å²) in [6.07, 6.45) is -4.99. The van der Waals surface area contributed by atoms with Crippen LogP contribution in [0.25, 0.3) is 0 Å². The highest BCUT2D eigenvalue weighted by Crippen LogP contribution is 2.25. The van der Waals surface area contributed by atoms with Crippen molar-refractivity contribution < 1.29 is 36.6 Å². The zero-order valence-electron chi connectivity index (χ0n) is 15.6. The second-order valence-electron chi connectivity index (χ2n) is 6.48. The minimum atomic E-state index is -4.99. The Balaban J connectivity index is 2.10. The van der Waals surface area contributed by atoms with Gasteiger partial charge in [0.15, 0.2) is 0 Å². The van der Waals surface area contributed by atoms with E-state index in [-0.39, 0.29) is 6.61 Å². The van der Waals surface area contributed by atoms with E-state index in [9.17, 15) is 27.2 Å². The lowest BCUT2D eigenvalue weighted by molar-refractivity contribution is -0.274. The van der Waals surface area contributed by atoms with E-state index in [1.807, 2.05) is 0 Å². The van der Waals surface area contributed by atoms with Crippen LogP contribution >= 0.6 is 0 Å². The normalized spacial score (nSPS) is 12.4. The molecule has 2 rings (SSSR count). The van der Waals surface area contributed by atoms with Crippen LogP contribution in [0, 0.1) is 11.7 Å². The zero-order valence-corrected chi connectivity index (χ0v) is 15.6. The number of ether oxygens (including phenoxy) is 2. The van der Waals surface area contributed by atoms with Crippen molar-refractivity contribution in [3.05, 3.63) is 65.5 Å². The number of hydrogen-bond acceptors (Lipinski definition) is 4. The average molecular weight is 413 g/mol. The Morgan fingerprint density at radius 3 is 2.31 bits per heavy atom. The molecule has 2 aromatic carbocycles. The first-order valence-corrected chi connectivity index (χ1v) is 8.63. The number of amides is 1. The minimum Gasteiger partial charge on any atom is -0.459 e. The van der Waals surface area contributed by atoms with Gasteiger partial charge >= 0.3 is 12.3 Å². The first-order chi connectivity index (χ1) is 13.6. The Kier molecular flexibility index (Phi) is 7.19. The molecule has 5 nitrogen and oxygen atoms in total. The van der Waals surface area contributed by atoms with Crippen molar-refractivity contribution in [2.75, 3.05) is 0 Å². The predicted octanol–water partition coefficient (Wildman–Crippen LogP) is 4.22. The van der Waals surface area contributed by atoms with E-state index in [4.69, 9.17) is 4.74 Å². The number of nitrogens with one attached hydrogen (secondary N) is 1. The van der Waals surface area contributed by atoms with Gasteiger partial charge in [-0.15, -0.1) is 13.2 Å². The van der Waals surface area contributed by atoms with Crippen LogP contribution in [0.4, 0.5) is 17.6 Å². The van der Waals surface area contributed by atoms with Gasteiger partial charge in [-0.2, -0.15) is 0 Å². The minimum absolute atomic E-state index is 0.0258. The van der Waals surface area contributed by atoms with E-state index in [0.717, 1.165) is 11.6 Å². The van der Waals surface area contributed by atoms with Gasteiger partial charge in [0.25, 0.3) is 5.91 Å². The molecule has 0 unspecified atom stereocenters. The molecule has 29 heavy (non-hydrogen) atoms. The molecule has 0 bridgehead atoms. The molecule has 0 aliphatic heterocycles. The van der Waals surface area contributed by atoms with Crippen LogP contribution in [-0.4, -0.2) is 24.3 Å². The van der Waals surface area contributed by atoms with Crippen LogP contribution in [0.5, 0.6) is 5.75 Å². The average Bonchev–Trinajstić information content (AvgIpc) is 2.65. The maximum absolute atomic E-state index is 14.0. The Morgan fingerprint density at radius 2 is 1.72 bits per heavy atom. The van der Waals surface area contributed by atoms with E-state index >= 15 is 0 Å². The summed E-state index contributed by atoms with van der Waals surface area (Å²) in [6.45, 7) is 3.24. The van der Waals surface area contributed by atoms with Crippen LogP contribution in [-0.2, 0) is 16.1 Å². The van der Waals surface area contributed by atoms with Crippen molar-refractivity contribution in [3.8, 4) is 5.75 Å². The van der Waals surface area contributed by atoms with Crippen LogP contribution in [0.1, 0.15) is 29.8 Å². The predicted molar refractivity (Wildman–Crippen MR) is 95.4 cm³/mol. The Morgan fingerprint density at radius 1 is 1.07 bits per heavy atom. The van der Waals surface area contributed by atoms with Crippen LogP contribution in [0.15, 0.2) is 48.5 Å². The highest BCUT2D eigenvalue weighted by molar-refractivity contribution is 5.97. The van der Waals surface area contributed by atoms with Crippen molar-refractivity contribution in [1.29, 1.82) is 0 Å². The third-order valence-electron chi connectivity index (χ3n) is 3.85. The number of halogens is 4. The molecule has 0 aliphatic rings. The Hall–Kier alpha value is -3.10. The van der Waals surface area contributed by atoms with Gasteiger partial charge in [0.1, 0.15) is 24.2 Å². The standard InChI is InChI=1S/C20H19F4NO4/c1-12(2)17(19(27)28-11-13-6-4-3-5-7-13)25-18(26)15-10-14(8-9-16(15)21)29-20(22,23)24/h3-10,12,17H,11H2,1-2H3,(H,25,26)/t17-/m1/s1. The summed E-state index contributed by atoms with van der Waals surface area (Å²) in [5, 5.41) is 2.31. The molecule has 0 spiro atoms. The fraction of sp³-hybridized carbons (Fsp3) is 0.300. The number of hydrogen-bond donors (Lipinski definition) is 1. The molecular formula is C20H19F4NO4. The maximum atomic E-state index is 14.0. The fourth-order valence-electron chi connectivity index (χ4n) is 2.41. The SMILES string of the molecule is CC(C)[C@@H](NC(=O)c1cc(OC(F)(F)F)ccc1F)C(=O)OCc1ccccc1. The van der Waals surface area contributed by atoms with Gasteiger partial charge in [-0.25, -0.2) is 9.18 Å². The van der Waals surface area contributed by atoms with Crippen LogP contribution in [0.2, 0.25) is 0 Å². The molecule has 0 heterocycles. The van der Waals surface area contributed by atoms with Gasteiger partial charge in [-0.05, 0) is 29.7 Å². The molecule has 156 valence electrons. The molecule has 0 aromatic heterocycles. The van der Waals surface area contributed by atoms with Crippen molar-refractivity contribution in [2.45, 2.75) is 32.9 Å². The van der Waals surface area contributed by atoms with Gasteiger partial charge < -0.3 is 14.8 Å². The molecule has 1 atom stereocenters. The largest absolute Gasteiger partial charge is 0.573 e. The first kappa shape index (κ1) is 22.2. The lowest BCUT2D eigenvalue weighted by Crippen LogP contribution is -2.45. The van der Waals surface area contributed by atoms with Gasteiger partial charge in [-0.1, -0.05) is 44.2 Å². The molecular weight excluding hydrogens is 394 g/mol. The second kappa shape index (κ2) is 9.40. The van der Waals surface area contributed by atoms with Crippen molar-refractivity contribution in [2.24, 2.45) is 5.92 Å². The number of carbonyl (C=O) groups excluding carboxylic acids is 2. The second-order valence-corrected chi connectivity index (χ2v) is 6.48. The molecule has 0 radical (unpaired) electrons. The Labute approximate surface area is 164 Å². The van der Waals surface area contributed by atoms with Crippen molar-refractivity contribution in [3.63, 3.8) is 0 Å². The summed E-state index contributed by atoms with van der Waals surface area (Å²) in [4.78, 5) is 24.7. The fourth-order valence-corrected chi connectivity index (χ4v) is 2.41. The summed E-state index contributed by atoms with van der Waals surface area (Å²) in [5.74, 6) is -4.04. The van der Waals surface area contributed by atoms with Gasteiger partial charge in [0.2, 0.25) is 0 Å². The Bertz CT molecular complexity index is 853.